The van der Waals surface area contributed by atoms with Crippen molar-refractivity contribution in [2.75, 3.05) is 12.4 Å². The maximum atomic E-state index is 13.4. The van der Waals surface area contributed by atoms with E-state index in [1.165, 1.54) is 5.39 Å². The van der Waals surface area contributed by atoms with Crippen molar-refractivity contribution in [3.8, 4) is 11.1 Å². The van der Waals surface area contributed by atoms with Crippen LogP contribution in [0.1, 0.15) is 15.9 Å². The molecule has 0 atom stereocenters. The maximum Gasteiger partial charge on any atom is 0.196 e. The fourth-order valence-corrected chi connectivity index (χ4v) is 4.53. The lowest BCUT2D eigenvalue weighted by Gasteiger charge is -2.23. The van der Waals surface area contributed by atoms with Crippen LogP contribution in [0.5, 0.6) is 0 Å². The Morgan fingerprint density at radius 2 is 1.54 bits per heavy atom. The molecule has 1 aliphatic carbocycles. The second kappa shape index (κ2) is 5.40. The minimum Gasteiger partial charge on any atom is -0.388 e. The molecule has 5 aromatic rings. The van der Waals surface area contributed by atoms with Gasteiger partial charge in [-0.05, 0) is 23.1 Å². The molecule has 0 fully saturated rings. The van der Waals surface area contributed by atoms with E-state index >= 15 is 0 Å². The largest absolute Gasteiger partial charge is 0.388 e. The molecule has 4 aromatic carbocycles. The van der Waals surface area contributed by atoms with Gasteiger partial charge < -0.3 is 5.32 Å². The number of carbonyl (C=O) groups is 1. The number of anilines is 1. The molecule has 3 nitrogen and oxygen atoms in total. The van der Waals surface area contributed by atoms with Crippen molar-refractivity contribution in [2.24, 2.45) is 0 Å². The van der Waals surface area contributed by atoms with Crippen LogP contribution >= 0.6 is 0 Å². The van der Waals surface area contributed by atoms with Crippen molar-refractivity contribution in [3.63, 3.8) is 0 Å². The SMILES string of the molecule is CNc1ccc2nc3c(ccc4ccccc43)c3c2c1C(=O)c1ccccc1-3. The second-order valence-electron chi connectivity index (χ2n) is 7.18. The summed E-state index contributed by atoms with van der Waals surface area (Å²) in [5, 5.41) is 7.52. The van der Waals surface area contributed by atoms with Gasteiger partial charge >= 0.3 is 0 Å². The van der Waals surface area contributed by atoms with Gasteiger partial charge in [-0.25, -0.2) is 4.98 Å². The fourth-order valence-electron chi connectivity index (χ4n) is 4.53. The summed E-state index contributed by atoms with van der Waals surface area (Å²) in [5.74, 6) is 0.0555. The summed E-state index contributed by atoms with van der Waals surface area (Å²) in [6, 6.07) is 24.5. The molecule has 0 radical (unpaired) electrons. The first-order chi connectivity index (χ1) is 13.8. The van der Waals surface area contributed by atoms with Crippen LogP contribution in [-0.4, -0.2) is 17.8 Å². The number of aromatic nitrogens is 1. The van der Waals surface area contributed by atoms with Crippen LogP contribution in [0.4, 0.5) is 5.69 Å². The van der Waals surface area contributed by atoms with Gasteiger partial charge in [0.2, 0.25) is 0 Å². The van der Waals surface area contributed by atoms with Gasteiger partial charge in [0.05, 0.1) is 16.6 Å². The Bertz CT molecular complexity index is 1470. The van der Waals surface area contributed by atoms with E-state index in [2.05, 4.69) is 29.6 Å². The van der Waals surface area contributed by atoms with Crippen LogP contribution in [0.2, 0.25) is 0 Å². The summed E-state index contributed by atoms with van der Waals surface area (Å²) in [5.41, 5.74) is 6.24. The van der Waals surface area contributed by atoms with Gasteiger partial charge in [0.15, 0.2) is 5.78 Å². The minimum absolute atomic E-state index is 0.0555. The normalized spacial score (nSPS) is 12.5. The molecule has 6 rings (SSSR count). The zero-order valence-corrected chi connectivity index (χ0v) is 15.3. The summed E-state index contributed by atoms with van der Waals surface area (Å²) in [4.78, 5) is 18.4. The van der Waals surface area contributed by atoms with Crippen molar-refractivity contribution in [1.29, 1.82) is 0 Å². The molecular weight excluding hydrogens is 344 g/mol. The Morgan fingerprint density at radius 3 is 2.39 bits per heavy atom. The minimum atomic E-state index is 0.0555. The Hall–Kier alpha value is -3.72. The van der Waals surface area contributed by atoms with E-state index in [1.807, 2.05) is 55.6 Å². The van der Waals surface area contributed by atoms with E-state index in [4.69, 9.17) is 4.98 Å². The molecule has 1 aromatic heterocycles. The van der Waals surface area contributed by atoms with Crippen LogP contribution < -0.4 is 5.32 Å². The van der Waals surface area contributed by atoms with E-state index in [-0.39, 0.29) is 5.78 Å². The summed E-state index contributed by atoms with van der Waals surface area (Å²) in [6.45, 7) is 0. The van der Waals surface area contributed by atoms with Gasteiger partial charge in [-0.1, -0.05) is 60.7 Å². The van der Waals surface area contributed by atoms with Crippen LogP contribution in [-0.2, 0) is 0 Å². The number of fused-ring (bicyclic) bond motifs is 6. The summed E-state index contributed by atoms with van der Waals surface area (Å²) >= 11 is 0. The number of nitrogens with one attached hydrogen (secondary N) is 1. The lowest BCUT2D eigenvalue weighted by molar-refractivity contribution is 0.104. The number of benzene rings is 4. The highest BCUT2D eigenvalue weighted by molar-refractivity contribution is 6.32. The number of nitrogens with zero attached hydrogens (tertiary/aromatic N) is 1. The Labute approximate surface area is 161 Å². The number of rotatable bonds is 1. The molecule has 28 heavy (non-hydrogen) atoms. The number of pyridine rings is 1. The fraction of sp³-hybridized carbons (Fsp3) is 0.0400. The smallest absolute Gasteiger partial charge is 0.196 e. The third kappa shape index (κ3) is 1.83. The van der Waals surface area contributed by atoms with Crippen molar-refractivity contribution in [1.82, 2.24) is 4.98 Å². The van der Waals surface area contributed by atoms with E-state index in [1.54, 1.807) is 0 Å². The predicted octanol–water partition coefficient (Wildman–Crippen LogP) is 5.79. The zero-order valence-electron chi connectivity index (χ0n) is 15.3. The first-order valence-corrected chi connectivity index (χ1v) is 9.38. The van der Waals surface area contributed by atoms with E-state index < -0.39 is 0 Å². The lowest BCUT2D eigenvalue weighted by Crippen LogP contribution is -2.13. The van der Waals surface area contributed by atoms with Gasteiger partial charge in [-0.15, -0.1) is 0 Å². The van der Waals surface area contributed by atoms with Crippen LogP contribution in [0.3, 0.4) is 0 Å². The average Bonchev–Trinajstić information content (AvgIpc) is 2.76. The third-order valence-corrected chi connectivity index (χ3v) is 5.77. The molecule has 1 aliphatic rings. The highest BCUT2D eigenvalue weighted by Crippen LogP contribution is 2.45. The van der Waals surface area contributed by atoms with Gasteiger partial charge in [0, 0.05) is 40.0 Å². The predicted molar refractivity (Wildman–Crippen MR) is 115 cm³/mol. The van der Waals surface area contributed by atoms with E-state index in [9.17, 15) is 4.79 Å². The molecular formula is C25H16N2O. The molecule has 1 heterocycles. The first kappa shape index (κ1) is 15.3. The number of ketones is 1. The molecule has 1 N–H and O–H groups in total. The number of hydrogen-bond acceptors (Lipinski definition) is 3. The topological polar surface area (TPSA) is 42.0 Å². The van der Waals surface area contributed by atoms with Gasteiger partial charge in [0.1, 0.15) is 0 Å². The van der Waals surface area contributed by atoms with E-state index in [0.717, 1.165) is 55.1 Å². The molecule has 3 heteroatoms. The van der Waals surface area contributed by atoms with Crippen molar-refractivity contribution in [2.45, 2.75) is 0 Å². The molecule has 0 amide bonds. The summed E-state index contributed by atoms with van der Waals surface area (Å²) < 4.78 is 0. The highest BCUT2D eigenvalue weighted by Gasteiger charge is 2.29. The lowest BCUT2D eigenvalue weighted by atomic mass is 9.81. The van der Waals surface area contributed by atoms with Gasteiger partial charge in [0.25, 0.3) is 0 Å². The van der Waals surface area contributed by atoms with Crippen LogP contribution in [0.25, 0.3) is 43.7 Å². The molecule has 0 saturated carbocycles. The molecule has 0 aliphatic heterocycles. The Morgan fingerprint density at radius 1 is 0.750 bits per heavy atom. The van der Waals surface area contributed by atoms with E-state index in [0.29, 0.717) is 0 Å². The van der Waals surface area contributed by atoms with Gasteiger partial charge in [-0.3, -0.25) is 4.79 Å². The van der Waals surface area contributed by atoms with Crippen molar-refractivity contribution < 1.29 is 4.79 Å². The Kier molecular flexibility index (Phi) is 2.96. The first-order valence-electron chi connectivity index (χ1n) is 9.38. The average molecular weight is 360 g/mol. The number of carbonyl (C=O) groups excluding carboxylic acids is 1. The molecule has 132 valence electrons. The van der Waals surface area contributed by atoms with Crippen LogP contribution in [0, 0.1) is 0 Å². The quantitative estimate of drug-likeness (QED) is 0.298. The van der Waals surface area contributed by atoms with Crippen molar-refractivity contribution in [3.05, 3.63) is 83.9 Å². The molecule has 0 unspecified atom stereocenters. The second-order valence-corrected chi connectivity index (χ2v) is 7.18. The molecule has 0 saturated heterocycles. The highest BCUT2D eigenvalue weighted by atomic mass is 16.1. The Balaban J connectivity index is 1.94. The van der Waals surface area contributed by atoms with Gasteiger partial charge in [-0.2, -0.15) is 0 Å². The summed E-state index contributed by atoms with van der Waals surface area (Å²) in [6.07, 6.45) is 0. The number of hydrogen-bond donors (Lipinski definition) is 1. The van der Waals surface area contributed by atoms with Crippen molar-refractivity contribution >= 4 is 44.0 Å². The monoisotopic (exact) mass is 360 g/mol. The molecule has 0 bridgehead atoms. The molecule has 0 spiro atoms. The van der Waals surface area contributed by atoms with Crippen LogP contribution in [0.15, 0.2) is 72.8 Å². The standard InChI is InChI=1S/C25H16N2O/c1-26-19-12-13-20-22-21(16-8-4-5-9-17(16)25(28)23(19)22)18-11-10-14-6-2-3-7-15(14)24(18)27-20/h2-13,26H,1H3. The summed E-state index contributed by atoms with van der Waals surface area (Å²) in [7, 11) is 1.85. The third-order valence-electron chi connectivity index (χ3n) is 5.77. The zero-order chi connectivity index (χ0) is 18.8. The maximum absolute atomic E-state index is 13.4.